The number of thiophene rings is 1. The van der Waals surface area contributed by atoms with Crippen LogP contribution in [0.25, 0.3) is 15.8 Å². The standard InChI is InChI=1S/C24H23FN2O2S.C5H7ClO2/c25-19-13-16(12-18(28)11-15-1-2-15)3-4-21(19)29-22-7-10-27-20-14-23(30-24(20)22)17-5-8-26-9-6-17;1-4(7)2-3-5(6)8/h3-5,7,10,13-15,26H,1-2,6,8-9,11-12H2;2-3H2,1H3. The van der Waals surface area contributed by atoms with E-state index in [9.17, 15) is 18.8 Å². The Morgan fingerprint density at radius 1 is 1.16 bits per heavy atom. The number of aromatic nitrogens is 1. The fourth-order valence-corrected chi connectivity index (χ4v) is 5.30. The Hall–Kier alpha value is -2.94. The van der Waals surface area contributed by atoms with Gasteiger partial charge in [-0.2, -0.15) is 0 Å². The van der Waals surface area contributed by atoms with Crippen molar-refractivity contribution in [1.29, 1.82) is 0 Å². The Labute approximate surface area is 230 Å². The number of rotatable bonds is 10. The number of ketones is 2. The molecule has 3 heterocycles. The Morgan fingerprint density at radius 3 is 2.61 bits per heavy atom. The van der Waals surface area contributed by atoms with Crippen LogP contribution in [0.15, 0.2) is 42.6 Å². The van der Waals surface area contributed by atoms with Gasteiger partial charge in [0.2, 0.25) is 5.24 Å². The average Bonchev–Trinajstić information content (AvgIpc) is 3.58. The van der Waals surface area contributed by atoms with Crippen molar-refractivity contribution < 1.29 is 23.5 Å². The first-order valence-corrected chi connectivity index (χ1v) is 13.9. The van der Waals surface area contributed by atoms with Crippen molar-refractivity contribution in [3.8, 4) is 11.5 Å². The fourth-order valence-electron chi connectivity index (χ4n) is 4.07. The van der Waals surface area contributed by atoms with Gasteiger partial charge in [-0.1, -0.05) is 12.1 Å². The van der Waals surface area contributed by atoms with Gasteiger partial charge >= 0.3 is 0 Å². The number of hydrogen-bond acceptors (Lipinski definition) is 7. The van der Waals surface area contributed by atoms with E-state index in [1.807, 2.05) is 0 Å². The third kappa shape index (κ3) is 8.28. The minimum absolute atomic E-state index is 0.000926. The summed E-state index contributed by atoms with van der Waals surface area (Å²) in [5.74, 6) is 1.04. The zero-order chi connectivity index (χ0) is 27.1. The van der Waals surface area contributed by atoms with Crippen LogP contribution >= 0.6 is 22.9 Å². The van der Waals surface area contributed by atoms with Gasteiger partial charge < -0.3 is 14.8 Å². The van der Waals surface area contributed by atoms with E-state index >= 15 is 0 Å². The third-order valence-electron chi connectivity index (χ3n) is 6.26. The summed E-state index contributed by atoms with van der Waals surface area (Å²) >= 11 is 6.56. The van der Waals surface area contributed by atoms with Gasteiger partial charge in [0.15, 0.2) is 11.6 Å². The van der Waals surface area contributed by atoms with Gasteiger partial charge in [-0.15, -0.1) is 11.3 Å². The highest BCUT2D eigenvalue weighted by atomic mass is 35.5. The molecule has 2 aliphatic rings. The van der Waals surface area contributed by atoms with Crippen molar-refractivity contribution in [3.05, 3.63) is 58.9 Å². The Bertz CT molecular complexity index is 1350. The topological polar surface area (TPSA) is 85.4 Å². The summed E-state index contributed by atoms with van der Waals surface area (Å²) in [4.78, 5) is 37.8. The lowest BCUT2D eigenvalue weighted by Crippen LogP contribution is -2.19. The van der Waals surface area contributed by atoms with Crippen LogP contribution < -0.4 is 10.1 Å². The molecular weight excluding hydrogens is 527 g/mol. The maximum atomic E-state index is 14.7. The summed E-state index contributed by atoms with van der Waals surface area (Å²) in [5, 5.41) is 2.88. The molecule has 0 unspecified atom stereocenters. The SMILES string of the molecule is CC(=O)CCC(=O)Cl.O=C(Cc1ccc(Oc2ccnc3cc(C4=CCNCC4)sc23)c(F)c1)CC1CC1. The molecule has 0 saturated heterocycles. The lowest BCUT2D eigenvalue weighted by atomic mass is 10.0. The molecule has 0 amide bonds. The first-order valence-electron chi connectivity index (χ1n) is 12.7. The number of nitrogens with zero attached hydrogens (tertiary/aromatic N) is 1. The van der Waals surface area contributed by atoms with Gasteiger partial charge in [0.25, 0.3) is 0 Å². The number of carbonyl (C=O) groups is 3. The molecular formula is C29H30ClFN2O4S. The molecule has 1 aromatic carbocycles. The van der Waals surface area contributed by atoms with Crippen LogP contribution in [-0.2, 0) is 20.8 Å². The van der Waals surface area contributed by atoms with Crippen molar-refractivity contribution in [3.63, 3.8) is 0 Å². The molecule has 3 aromatic rings. The van der Waals surface area contributed by atoms with E-state index in [0.29, 0.717) is 23.7 Å². The second-order valence-corrected chi connectivity index (χ2v) is 11.1. The smallest absolute Gasteiger partial charge is 0.222 e. The predicted molar refractivity (Wildman–Crippen MR) is 148 cm³/mol. The maximum absolute atomic E-state index is 14.7. The van der Waals surface area contributed by atoms with E-state index in [4.69, 9.17) is 16.3 Å². The first-order chi connectivity index (χ1) is 18.3. The van der Waals surface area contributed by atoms with Crippen molar-refractivity contribution in [2.24, 2.45) is 5.92 Å². The molecule has 0 atom stereocenters. The van der Waals surface area contributed by atoms with Gasteiger partial charge in [-0.05, 0) is 79.6 Å². The number of ether oxygens (including phenoxy) is 1. The number of benzene rings is 1. The summed E-state index contributed by atoms with van der Waals surface area (Å²) in [5.41, 5.74) is 2.87. The summed E-state index contributed by atoms with van der Waals surface area (Å²) in [6, 6.07) is 8.66. The van der Waals surface area contributed by atoms with Gasteiger partial charge in [0, 0.05) is 49.4 Å². The fraction of sp³-hybridized carbons (Fsp3) is 0.379. The van der Waals surface area contributed by atoms with Crippen LogP contribution in [-0.4, -0.2) is 34.9 Å². The molecule has 1 N–H and O–H groups in total. The molecule has 0 radical (unpaired) electrons. The van der Waals surface area contributed by atoms with Crippen LogP contribution in [0.4, 0.5) is 4.39 Å². The zero-order valence-corrected chi connectivity index (χ0v) is 22.8. The predicted octanol–water partition coefficient (Wildman–Crippen LogP) is 6.64. The second kappa shape index (κ2) is 13.2. The number of fused-ring (bicyclic) bond motifs is 1. The van der Waals surface area contributed by atoms with Crippen molar-refractivity contribution in [2.45, 2.75) is 51.9 Å². The van der Waals surface area contributed by atoms with Gasteiger partial charge in [-0.3, -0.25) is 14.6 Å². The molecule has 6 nitrogen and oxygen atoms in total. The Kier molecular flexibility index (Phi) is 9.77. The molecule has 200 valence electrons. The minimum atomic E-state index is -0.450. The number of carbonyl (C=O) groups excluding carboxylic acids is 3. The normalized spacial score (nSPS) is 14.9. The molecule has 38 heavy (non-hydrogen) atoms. The van der Waals surface area contributed by atoms with Crippen LogP contribution in [0.1, 0.15) is 55.9 Å². The van der Waals surface area contributed by atoms with Crippen molar-refractivity contribution in [2.75, 3.05) is 13.1 Å². The largest absolute Gasteiger partial charge is 0.453 e. The van der Waals surface area contributed by atoms with E-state index in [1.165, 1.54) is 23.4 Å². The maximum Gasteiger partial charge on any atom is 0.222 e. The summed E-state index contributed by atoms with van der Waals surface area (Å²) in [7, 11) is 0. The van der Waals surface area contributed by atoms with Crippen LogP contribution in [0, 0.1) is 11.7 Å². The lowest BCUT2D eigenvalue weighted by Gasteiger charge is -2.11. The summed E-state index contributed by atoms with van der Waals surface area (Å²) in [6.45, 7) is 3.28. The molecule has 5 rings (SSSR count). The summed E-state index contributed by atoms with van der Waals surface area (Å²) < 4.78 is 21.5. The molecule has 2 aromatic heterocycles. The second-order valence-electron chi connectivity index (χ2n) is 9.60. The quantitative estimate of drug-likeness (QED) is 0.282. The number of pyridine rings is 1. The van der Waals surface area contributed by atoms with Crippen LogP contribution in [0.3, 0.4) is 0 Å². The van der Waals surface area contributed by atoms with Gasteiger partial charge in [0.1, 0.15) is 17.3 Å². The van der Waals surface area contributed by atoms with Crippen molar-refractivity contribution in [1.82, 2.24) is 10.3 Å². The Morgan fingerprint density at radius 2 is 1.97 bits per heavy atom. The number of hydrogen-bond donors (Lipinski definition) is 1. The molecule has 0 spiro atoms. The van der Waals surface area contributed by atoms with Gasteiger partial charge in [0.05, 0.1) is 10.2 Å². The Balaban J connectivity index is 0.000000368. The van der Waals surface area contributed by atoms with Crippen LogP contribution in [0.5, 0.6) is 11.5 Å². The van der Waals surface area contributed by atoms with E-state index < -0.39 is 11.1 Å². The number of halogens is 2. The highest BCUT2D eigenvalue weighted by Gasteiger charge is 2.24. The average molecular weight is 557 g/mol. The van der Waals surface area contributed by atoms with E-state index in [1.54, 1.807) is 35.7 Å². The number of nitrogens with one attached hydrogen (secondary N) is 1. The monoisotopic (exact) mass is 556 g/mol. The van der Waals surface area contributed by atoms with Crippen LogP contribution in [0.2, 0.25) is 0 Å². The molecule has 9 heteroatoms. The highest BCUT2D eigenvalue weighted by Crippen LogP contribution is 2.39. The molecule has 0 bridgehead atoms. The van der Waals surface area contributed by atoms with E-state index in [-0.39, 0.29) is 36.6 Å². The highest BCUT2D eigenvalue weighted by molar-refractivity contribution is 7.20. The molecule has 1 aliphatic heterocycles. The first kappa shape index (κ1) is 28.1. The molecule has 1 aliphatic carbocycles. The van der Waals surface area contributed by atoms with E-state index in [2.05, 4.69) is 22.4 Å². The van der Waals surface area contributed by atoms with Gasteiger partial charge in [-0.25, -0.2) is 4.39 Å². The summed E-state index contributed by atoms with van der Waals surface area (Å²) in [6.07, 6.45) is 8.49. The third-order valence-corrected chi connectivity index (χ3v) is 7.66. The molecule has 1 saturated carbocycles. The zero-order valence-electron chi connectivity index (χ0n) is 21.2. The van der Waals surface area contributed by atoms with Crippen molar-refractivity contribution >= 4 is 55.5 Å². The minimum Gasteiger partial charge on any atom is -0.453 e. The van der Waals surface area contributed by atoms with E-state index in [0.717, 1.165) is 42.6 Å². The molecule has 1 fully saturated rings. The lowest BCUT2D eigenvalue weighted by molar-refractivity contribution is -0.120. The number of Topliss-reactive ketones (excluding diaryl/α,β-unsaturated/α-hetero) is 2.